The van der Waals surface area contributed by atoms with E-state index < -0.39 is 0 Å². The van der Waals surface area contributed by atoms with Gasteiger partial charge < -0.3 is 5.32 Å². The number of hydrogen-bond acceptors (Lipinski definition) is 4. The van der Waals surface area contributed by atoms with Crippen molar-refractivity contribution in [3.63, 3.8) is 0 Å². The fraction of sp³-hybridized carbons (Fsp3) is 0.118. The van der Waals surface area contributed by atoms with Crippen LogP contribution in [0.15, 0.2) is 67.4 Å². The van der Waals surface area contributed by atoms with Crippen LogP contribution in [0.3, 0.4) is 0 Å². The molecule has 0 aliphatic carbocycles. The standard InChI is InChI=1S/C17H15IN6/c18-14-11-21-24-10-8-19-17(16(14)24)22-15(12-23-9-4-7-20-23)13-5-2-1-3-6-13/h1-11,15H,12H2,(H,19,22). The Balaban J connectivity index is 1.72. The summed E-state index contributed by atoms with van der Waals surface area (Å²) in [5, 5.41) is 12.2. The van der Waals surface area contributed by atoms with Crippen molar-refractivity contribution in [3.8, 4) is 0 Å². The normalized spacial score (nSPS) is 12.4. The fourth-order valence-electron chi connectivity index (χ4n) is 2.69. The van der Waals surface area contributed by atoms with Gasteiger partial charge in [0.15, 0.2) is 5.82 Å². The second-order valence-corrected chi connectivity index (χ2v) is 6.56. The number of fused-ring (bicyclic) bond motifs is 1. The smallest absolute Gasteiger partial charge is 0.153 e. The maximum Gasteiger partial charge on any atom is 0.153 e. The highest BCUT2D eigenvalue weighted by Crippen LogP contribution is 2.25. The van der Waals surface area contributed by atoms with E-state index in [-0.39, 0.29) is 6.04 Å². The van der Waals surface area contributed by atoms with E-state index in [4.69, 9.17) is 0 Å². The molecule has 3 heterocycles. The summed E-state index contributed by atoms with van der Waals surface area (Å²) >= 11 is 2.28. The lowest BCUT2D eigenvalue weighted by molar-refractivity contribution is 0.550. The zero-order valence-corrected chi connectivity index (χ0v) is 14.9. The number of benzene rings is 1. The van der Waals surface area contributed by atoms with Gasteiger partial charge in [-0.05, 0) is 34.2 Å². The van der Waals surface area contributed by atoms with Crippen LogP contribution in [0.2, 0.25) is 0 Å². The lowest BCUT2D eigenvalue weighted by atomic mass is 10.1. The molecule has 1 aromatic carbocycles. The summed E-state index contributed by atoms with van der Waals surface area (Å²) < 4.78 is 4.83. The zero-order chi connectivity index (χ0) is 16.4. The van der Waals surface area contributed by atoms with E-state index in [1.165, 1.54) is 5.56 Å². The molecule has 0 saturated carbocycles. The number of aromatic nitrogens is 5. The van der Waals surface area contributed by atoms with Crippen LogP contribution in [0, 0.1) is 3.57 Å². The summed E-state index contributed by atoms with van der Waals surface area (Å²) in [6.07, 6.45) is 9.21. The highest BCUT2D eigenvalue weighted by atomic mass is 127. The van der Waals surface area contributed by atoms with Crippen LogP contribution < -0.4 is 5.32 Å². The van der Waals surface area contributed by atoms with Gasteiger partial charge in [0.25, 0.3) is 0 Å². The van der Waals surface area contributed by atoms with Crippen molar-refractivity contribution < 1.29 is 0 Å². The molecule has 7 heteroatoms. The Morgan fingerprint density at radius 3 is 2.71 bits per heavy atom. The Kier molecular flexibility index (Phi) is 4.16. The molecule has 0 amide bonds. The first-order chi connectivity index (χ1) is 11.8. The first-order valence-electron chi connectivity index (χ1n) is 7.58. The average molecular weight is 430 g/mol. The predicted molar refractivity (Wildman–Crippen MR) is 101 cm³/mol. The van der Waals surface area contributed by atoms with Crippen LogP contribution in [-0.2, 0) is 6.54 Å². The molecule has 0 bridgehead atoms. The molecule has 24 heavy (non-hydrogen) atoms. The summed E-state index contributed by atoms with van der Waals surface area (Å²) in [5.74, 6) is 0.820. The zero-order valence-electron chi connectivity index (χ0n) is 12.7. The van der Waals surface area contributed by atoms with Gasteiger partial charge in [0.2, 0.25) is 0 Å². The molecule has 0 radical (unpaired) electrons. The molecule has 0 saturated heterocycles. The van der Waals surface area contributed by atoms with Crippen molar-refractivity contribution in [2.24, 2.45) is 0 Å². The van der Waals surface area contributed by atoms with Crippen molar-refractivity contribution in [3.05, 3.63) is 76.5 Å². The molecule has 0 aliphatic rings. The van der Waals surface area contributed by atoms with Gasteiger partial charge >= 0.3 is 0 Å². The second kappa shape index (κ2) is 6.60. The molecule has 120 valence electrons. The molecular formula is C17H15IN6. The topological polar surface area (TPSA) is 60.0 Å². The Morgan fingerprint density at radius 2 is 1.92 bits per heavy atom. The quantitative estimate of drug-likeness (QED) is 0.494. The van der Waals surface area contributed by atoms with Crippen LogP contribution in [-0.4, -0.2) is 24.4 Å². The molecule has 0 fully saturated rings. The lowest BCUT2D eigenvalue weighted by Gasteiger charge is -2.20. The van der Waals surface area contributed by atoms with Crippen molar-refractivity contribution >= 4 is 33.9 Å². The average Bonchev–Trinajstić information content (AvgIpc) is 3.26. The number of halogens is 1. The Morgan fingerprint density at radius 1 is 1.04 bits per heavy atom. The molecule has 0 spiro atoms. The van der Waals surface area contributed by atoms with Crippen LogP contribution in [0.5, 0.6) is 0 Å². The molecule has 4 rings (SSSR count). The SMILES string of the molecule is Ic1cnn2ccnc(NC(Cn3cccn3)c3ccccc3)c12. The third-order valence-corrected chi connectivity index (χ3v) is 4.62. The minimum absolute atomic E-state index is 0.0514. The van der Waals surface area contributed by atoms with Gasteiger partial charge in [-0.1, -0.05) is 30.3 Å². The van der Waals surface area contributed by atoms with Gasteiger partial charge in [-0.25, -0.2) is 9.50 Å². The van der Waals surface area contributed by atoms with Crippen molar-refractivity contribution in [1.29, 1.82) is 0 Å². The van der Waals surface area contributed by atoms with Gasteiger partial charge in [0.05, 0.1) is 22.4 Å². The maximum absolute atomic E-state index is 4.53. The number of nitrogens with one attached hydrogen (secondary N) is 1. The fourth-order valence-corrected chi connectivity index (χ4v) is 3.32. The van der Waals surface area contributed by atoms with Crippen LogP contribution in [0.1, 0.15) is 11.6 Å². The molecule has 4 aromatic rings. The second-order valence-electron chi connectivity index (χ2n) is 5.40. The molecule has 1 atom stereocenters. The van der Waals surface area contributed by atoms with E-state index in [0.29, 0.717) is 6.54 Å². The Hall–Kier alpha value is -2.42. The minimum Gasteiger partial charge on any atom is -0.360 e. The largest absolute Gasteiger partial charge is 0.360 e. The Bertz CT molecular complexity index is 932. The minimum atomic E-state index is 0.0514. The molecular weight excluding hydrogens is 415 g/mol. The summed E-state index contributed by atoms with van der Waals surface area (Å²) in [6.45, 7) is 0.713. The van der Waals surface area contributed by atoms with Gasteiger partial charge in [-0.3, -0.25) is 4.68 Å². The summed E-state index contributed by atoms with van der Waals surface area (Å²) in [6, 6.07) is 12.3. The number of anilines is 1. The first kappa shape index (κ1) is 15.1. The first-order valence-corrected chi connectivity index (χ1v) is 8.66. The molecule has 6 nitrogen and oxygen atoms in total. The van der Waals surface area contributed by atoms with Gasteiger partial charge in [-0.15, -0.1) is 0 Å². The van der Waals surface area contributed by atoms with Crippen LogP contribution >= 0.6 is 22.6 Å². The van der Waals surface area contributed by atoms with Gasteiger partial charge in [0, 0.05) is 24.8 Å². The van der Waals surface area contributed by atoms with E-state index in [1.807, 2.05) is 52.1 Å². The molecule has 3 aromatic heterocycles. The van der Waals surface area contributed by atoms with Crippen molar-refractivity contribution in [2.45, 2.75) is 12.6 Å². The summed E-state index contributed by atoms with van der Waals surface area (Å²) in [5.41, 5.74) is 2.17. The van der Waals surface area contributed by atoms with Gasteiger partial charge in [0.1, 0.15) is 5.52 Å². The lowest BCUT2D eigenvalue weighted by Crippen LogP contribution is -2.19. The van der Waals surface area contributed by atoms with Crippen LogP contribution in [0.4, 0.5) is 5.82 Å². The van der Waals surface area contributed by atoms with Crippen LogP contribution in [0.25, 0.3) is 5.52 Å². The highest BCUT2D eigenvalue weighted by molar-refractivity contribution is 14.1. The number of hydrogen-bond donors (Lipinski definition) is 1. The third-order valence-electron chi connectivity index (χ3n) is 3.83. The number of nitrogens with zero attached hydrogens (tertiary/aromatic N) is 5. The monoisotopic (exact) mass is 430 g/mol. The van der Waals surface area contributed by atoms with E-state index >= 15 is 0 Å². The number of rotatable bonds is 5. The van der Waals surface area contributed by atoms with E-state index in [9.17, 15) is 0 Å². The summed E-state index contributed by atoms with van der Waals surface area (Å²) in [7, 11) is 0. The van der Waals surface area contributed by atoms with E-state index in [2.05, 4.69) is 55.2 Å². The molecule has 0 aliphatic heterocycles. The van der Waals surface area contributed by atoms with E-state index in [0.717, 1.165) is 14.9 Å². The molecule has 1 unspecified atom stereocenters. The van der Waals surface area contributed by atoms with Crippen molar-refractivity contribution in [1.82, 2.24) is 24.4 Å². The van der Waals surface area contributed by atoms with E-state index in [1.54, 1.807) is 12.4 Å². The third kappa shape index (κ3) is 2.99. The van der Waals surface area contributed by atoms with Gasteiger partial charge in [-0.2, -0.15) is 10.2 Å². The molecule has 1 N–H and O–H groups in total. The summed E-state index contributed by atoms with van der Waals surface area (Å²) in [4.78, 5) is 4.53. The predicted octanol–water partition coefficient (Wildman–Crippen LogP) is 3.38. The van der Waals surface area contributed by atoms with Crippen molar-refractivity contribution in [2.75, 3.05) is 5.32 Å². The highest BCUT2D eigenvalue weighted by Gasteiger charge is 2.16. The maximum atomic E-state index is 4.53. The Labute approximate surface area is 152 Å².